The molecule has 2 fully saturated rings. The van der Waals surface area contributed by atoms with Crippen LogP contribution in [0.4, 0.5) is 5.13 Å². The summed E-state index contributed by atoms with van der Waals surface area (Å²) in [5.41, 5.74) is 1.06. The highest BCUT2D eigenvalue weighted by molar-refractivity contribution is 7.09. The highest BCUT2D eigenvalue weighted by Gasteiger charge is 2.26. The highest BCUT2D eigenvalue weighted by atomic mass is 32.1. The van der Waals surface area contributed by atoms with Gasteiger partial charge in [-0.15, -0.1) is 0 Å². The van der Waals surface area contributed by atoms with Crippen LogP contribution in [0.1, 0.15) is 43.1 Å². The van der Waals surface area contributed by atoms with E-state index in [-0.39, 0.29) is 5.56 Å². The van der Waals surface area contributed by atoms with Crippen molar-refractivity contribution in [3.05, 3.63) is 34.3 Å². The summed E-state index contributed by atoms with van der Waals surface area (Å²) in [5.74, 6) is 1.78. The highest BCUT2D eigenvalue weighted by Crippen LogP contribution is 2.38. The molecule has 1 saturated carbocycles. The number of methoxy groups -OCH3 is 1. The SMILES string of the molecule is COCc1nsc(N2CCC(Cn3cnc(C4CC4)cc3=O)CC2)n1. The second-order valence-electron chi connectivity index (χ2n) is 6.94. The third-order valence-electron chi connectivity index (χ3n) is 4.97. The third-order valence-corrected chi connectivity index (χ3v) is 5.78. The van der Waals surface area contributed by atoms with Crippen LogP contribution in [0.15, 0.2) is 17.2 Å². The van der Waals surface area contributed by atoms with Crippen molar-refractivity contribution in [2.45, 2.75) is 44.8 Å². The van der Waals surface area contributed by atoms with Crippen LogP contribution in [0.2, 0.25) is 0 Å². The van der Waals surface area contributed by atoms with Crippen LogP contribution in [0.25, 0.3) is 0 Å². The zero-order valence-corrected chi connectivity index (χ0v) is 15.2. The molecule has 2 aromatic heterocycles. The second-order valence-corrected chi connectivity index (χ2v) is 7.67. The van der Waals surface area contributed by atoms with E-state index in [9.17, 15) is 4.79 Å². The van der Waals surface area contributed by atoms with Gasteiger partial charge in [-0.1, -0.05) is 0 Å². The summed E-state index contributed by atoms with van der Waals surface area (Å²) in [6.45, 7) is 3.12. The van der Waals surface area contributed by atoms with E-state index in [1.165, 1.54) is 24.4 Å². The van der Waals surface area contributed by atoms with Crippen molar-refractivity contribution in [1.29, 1.82) is 0 Å². The maximum atomic E-state index is 12.3. The maximum Gasteiger partial charge on any atom is 0.253 e. The molecule has 8 heteroatoms. The molecule has 0 radical (unpaired) electrons. The van der Waals surface area contributed by atoms with Crippen LogP contribution in [0.5, 0.6) is 0 Å². The molecule has 4 rings (SSSR count). The van der Waals surface area contributed by atoms with Crippen LogP contribution >= 0.6 is 11.5 Å². The zero-order chi connectivity index (χ0) is 17.2. The Morgan fingerprint density at radius 2 is 2.08 bits per heavy atom. The molecule has 25 heavy (non-hydrogen) atoms. The van der Waals surface area contributed by atoms with Gasteiger partial charge in [0.25, 0.3) is 5.56 Å². The van der Waals surface area contributed by atoms with Gasteiger partial charge < -0.3 is 9.64 Å². The van der Waals surface area contributed by atoms with E-state index < -0.39 is 0 Å². The molecular weight excluding hydrogens is 338 g/mol. The van der Waals surface area contributed by atoms with E-state index in [0.717, 1.165) is 49.1 Å². The Balaban J connectivity index is 1.33. The topological polar surface area (TPSA) is 73.1 Å². The van der Waals surface area contributed by atoms with Gasteiger partial charge in [0.15, 0.2) is 5.82 Å². The normalized spacial score (nSPS) is 18.7. The molecule has 2 aromatic rings. The van der Waals surface area contributed by atoms with Crippen LogP contribution in [-0.4, -0.2) is 39.1 Å². The molecule has 1 aliphatic carbocycles. The third kappa shape index (κ3) is 3.90. The van der Waals surface area contributed by atoms with E-state index in [1.807, 2.05) is 0 Å². The van der Waals surface area contributed by atoms with Crippen molar-refractivity contribution in [3.63, 3.8) is 0 Å². The van der Waals surface area contributed by atoms with Gasteiger partial charge in [-0.2, -0.15) is 4.37 Å². The monoisotopic (exact) mass is 361 g/mol. The lowest BCUT2D eigenvalue weighted by molar-refractivity contribution is 0.179. The van der Waals surface area contributed by atoms with E-state index in [2.05, 4.69) is 19.2 Å². The quantitative estimate of drug-likeness (QED) is 0.784. The number of nitrogens with zero attached hydrogens (tertiary/aromatic N) is 5. The first-order valence-electron chi connectivity index (χ1n) is 8.86. The lowest BCUT2D eigenvalue weighted by Crippen LogP contribution is -2.36. The van der Waals surface area contributed by atoms with Crippen molar-refractivity contribution >= 4 is 16.7 Å². The fourth-order valence-corrected chi connectivity index (χ4v) is 4.05. The Kier molecular flexibility index (Phi) is 4.80. The number of piperidine rings is 1. The molecule has 0 N–H and O–H groups in total. The summed E-state index contributed by atoms with van der Waals surface area (Å²) in [5, 5.41) is 0.970. The molecule has 1 aliphatic heterocycles. The average Bonchev–Trinajstić information content (AvgIpc) is 3.37. The minimum Gasteiger partial charge on any atom is -0.377 e. The zero-order valence-electron chi connectivity index (χ0n) is 14.4. The van der Waals surface area contributed by atoms with Crippen molar-refractivity contribution in [3.8, 4) is 0 Å². The molecular formula is C17H23N5O2S. The number of hydrogen-bond donors (Lipinski definition) is 0. The maximum absolute atomic E-state index is 12.3. The number of ether oxygens (including phenoxy) is 1. The summed E-state index contributed by atoms with van der Waals surface area (Å²) in [6, 6.07) is 1.73. The Morgan fingerprint density at radius 1 is 1.28 bits per heavy atom. The Hall–Kier alpha value is -1.80. The number of rotatable bonds is 6. The smallest absolute Gasteiger partial charge is 0.253 e. The summed E-state index contributed by atoms with van der Waals surface area (Å²) >= 11 is 1.43. The average molecular weight is 361 g/mol. The number of anilines is 1. The Morgan fingerprint density at radius 3 is 2.76 bits per heavy atom. The lowest BCUT2D eigenvalue weighted by Gasteiger charge is -2.31. The van der Waals surface area contributed by atoms with Gasteiger partial charge in [0.05, 0.1) is 12.0 Å². The first-order chi connectivity index (χ1) is 12.2. The van der Waals surface area contributed by atoms with Crippen molar-refractivity contribution in [1.82, 2.24) is 18.9 Å². The lowest BCUT2D eigenvalue weighted by atomic mass is 9.97. The molecule has 0 amide bonds. The Labute approximate surface area is 150 Å². The molecule has 2 aliphatic rings. The standard InChI is InChI=1S/C17H23N5O2S/c1-24-10-15-19-17(25-20-15)21-6-4-12(5-7-21)9-22-11-18-14(8-16(22)23)13-2-3-13/h8,11-13H,2-7,9-10H2,1H3. The van der Waals surface area contributed by atoms with Gasteiger partial charge in [0, 0.05) is 50.3 Å². The van der Waals surface area contributed by atoms with Crippen LogP contribution in [-0.2, 0) is 17.9 Å². The Bertz CT molecular complexity index is 777. The number of aromatic nitrogens is 4. The van der Waals surface area contributed by atoms with Crippen molar-refractivity contribution in [2.75, 3.05) is 25.1 Å². The predicted octanol–water partition coefficient (Wildman–Crippen LogP) is 2.04. The minimum absolute atomic E-state index is 0.0904. The molecule has 0 bridgehead atoms. The van der Waals surface area contributed by atoms with Crippen LogP contribution < -0.4 is 10.5 Å². The van der Waals surface area contributed by atoms with Gasteiger partial charge in [-0.3, -0.25) is 9.36 Å². The number of hydrogen-bond acceptors (Lipinski definition) is 7. The van der Waals surface area contributed by atoms with E-state index in [0.29, 0.717) is 18.4 Å². The van der Waals surface area contributed by atoms with Gasteiger partial charge in [0.2, 0.25) is 5.13 Å². The first kappa shape index (κ1) is 16.7. The van der Waals surface area contributed by atoms with E-state index >= 15 is 0 Å². The van der Waals surface area contributed by atoms with Gasteiger partial charge in [-0.05, 0) is 31.6 Å². The molecule has 3 heterocycles. The van der Waals surface area contributed by atoms with Gasteiger partial charge in [-0.25, -0.2) is 9.97 Å². The fourth-order valence-electron chi connectivity index (χ4n) is 3.33. The molecule has 1 saturated heterocycles. The molecule has 0 aromatic carbocycles. The minimum atomic E-state index is 0.0904. The van der Waals surface area contributed by atoms with Crippen molar-refractivity contribution < 1.29 is 4.74 Å². The van der Waals surface area contributed by atoms with E-state index in [4.69, 9.17) is 4.74 Å². The van der Waals surface area contributed by atoms with Crippen LogP contribution in [0, 0.1) is 5.92 Å². The summed E-state index contributed by atoms with van der Waals surface area (Å²) in [6.07, 6.45) is 6.19. The summed E-state index contributed by atoms with van der Waals surface area (Å²) in [4.78, 5) is 23.6. The molecule has 0 unspecified atom stereocenters. The predicted molar refractivity (Wildman–Crippen MR) is 96.0 cm³/mol. The van der Waals surface area contributed by atoms with E-state index in [1.54, 1.807) is 24.1 Å². The summed E-state index contributed by atoms with van der Waals surface area (Å²) in [7, 11) is 1.65. The fraction of sp³-hybridized carbons (Fsp3) is 0.647. The largest absolute Gasteiger partial charge is 0.377 e. The van der Waals surface area contributed by atoms with Gasteiger partial charge in [0.1, 0.15) is 6.61 Å². The molecule has 0 atom stereocenters. The first-order valence-corrected chi connectivity index (χ1v) is 9.63. The van der Waals surface area contributed by atoms with Crippen LogP contribution in [0.3, 0.4) is 0 Å². The van der Waals surface area contributed by atoms with Gasteiger partial charge >= 0.3 is 0 Å². The second kappa shape index (κ2) is 7.21. The molecule has 134 valence electrons. The summed E-state index contributed by atoms with van der Waals surface area (Å²) < 4.78 is 11.2. The molecule has 0 spiro atoms. The molecule has 7 nitrogen and oxygen atoms in total. The van der Waals surface area contributed by atoms with Crippen molar-refractivity contribution in [2.24, 2.45) is 5.92 Å².